The summed E-state index contributed by atoms with van der Waals surface area (Å²) in [7, 11) is -0.961. The van der Waals surface area contributed by atoms with E-state index in [1.54, 1.807) is 21.1 Å². The van der Waals surface area contributed by atoms with E-state index in [-0.39, 0.29) is 0 Å². The molecule has 136 valence electrons. The Morgan fingerprint density at radius 2 is 1.39 bits per heavy atom. The van der Waals surface area contributed by atoms with E-state index in [0.29, 0.717) is 0 Å². The maximum atomic E-state index is 2.53. The first-order valence-electron chi connectivity index (χ1n) is 9.98. The second-order valence-corrected chi connectivity index (χ2v) is 14.0. The van der Waals surface area contributed by atoms with Crippen LogP contribution in [0, 0.1) is 6.92 Å². The molecule has 0 atom stereocenters. The molecule has 2 aliphatic rings. The van der Waals surface area contributed by atoms with Crippen molar-refractivity contribution in [3.05, 3.63) is 94.5 Å². The molecular formula is C26H24Si2. The Morgan fingerprint density at radius 1 is 0.786 bits per heavy atom. The van der Waals surface area contributed by atoms with Gasteiger partial charge in [0.15, 0.2) is 0 Å². The summed E-state index contributed by atoms with van der Waals surface area (Å²) in [4.78, 5) is 0. The van der Waals surface area contributed by atoms with Crippen molar-refractivity contribution in [2.45, 2.75) is 26.9 Å². The van der Waals surface area contributed by atoms with E-state index in [0.717, 1.165) is 9.52 Å². The molecule has 5 rings (SSSR count). The number of fused-ring (bicyclic) bond motifs is 2. The van der Waals surface area contributed by atoms with E-state index < -0.39 is 8.07 Å². The predicted molar refractivity (Wildman–Crippen MR) is 127 cm³/mol. The zero-order valence-electron chi connectivity index (χ0n) is 16.9. The van der Waals surface area contributed by atoms with Gasteiger partial charge in [-0.3, -0.25) is 0 Å². The fraction of sp³-hybridized carbons (Fsp3) is 0.154. The highest BCUT2D eigenvalue weighted by atomic mass is 28.3. The number of rotatable bonds is 2. The fourth-order valence-electron chi connectivity index (χ4n) is 5.11. The van der Waals surface area contributed by atoms with Crippen molar-refractivity contribution in [1.82, 2.24) is 0 Å². The Balaban J connectivity index is 1.67. The molecule has 28 heavy (non-hydrogen) atoms. The van der Waals surface area contributed by atoms with Crippen LogP contribution in [0.1, 0.15) is 34.7 Å². The van der Waals surface area contributed by atoms with E-state index in [1.807, 2.05) is 0 Å². The topological polar surface area (TPSA) is 0 Å². The normalized spacial score (nSPS) is 16.8. The summed E-state index contributed by atoms with van der Waals surface area (Å²) in [6.45, 7) is 9.76. The monoisotopic (exact) mass is 392 g/mol. The third kappa shape index (κ3) is 2.48. The molecule has 2 heteroatoms. The van der Waals surface area contributed by atoms with Crippen LogP contribution in [-0.2, 0) is 0 Å². The predicted octanol–water partition coefficient (Wildman–Crippen LogP) is 5.24. The van der Waals surface area contributed by atoms with Gasteiger partial charge in [0, 0.05) is 0 Å². The number of hydrogen-bond acceptors (Lipinski definition) is 0. The van der Waals surface area contributed by atoms with Gasteiger partial charge in [0.25, 0.3) is 0 Å². The van der Waals surface area contributed by atoms with Gasteiger partial charge in [-0.25, -0.2) is 0 Å². The highest BCUT2D eigenvalue weighted by Gasteiger charge is 2.40. The second-order valence-electron chi connectivity index (χ2n) is 8.43. The largest absolute Gasteiger partial charge is 0.123 e. The maximum absolute atomic E-state index is 2.53. The lowest BCUT2D eigenvalue weighted by molar-refractivity contribution is 1.47. The summed E-state index contributed by atoms with van der Waals surface area (Å²) >= 11 is 0. The van der Waals surface area contributed by atoms with Crippen molar-refractivity contribution in [3.8, 4) is 0 Å². The van der Waals surface area contributed by atoms with E-state index in [9.17, 15) is 0 Å². The van der Waals surface area contributed by atoms with Crippen LogP contribution in [0.2, 0.25) is 13.1 Å². The summed E-state index contributed by atoms with van der Waals surface area (Å²) in [5, 5.41) is 6.27. The van der Waals surface area contributed by atoms with Crippen LogP contribution in [0.4, 0.5) is 0 Å². The molecule has 2 heterocycles. The molecule has 0 nitrogen and oxygen atoms in total. The van der Waals surface area contributed by atoms with Gasteiger partial charge < -0.3 is 0 Å². The number of allylic oxidation sites excluding steroid dienone is 1. The standard InChI is InChI=1S/C26H24Si2/c1-17-24-18(2)26(20-13-9-6-10-14-20)28(3,4)23(24)16-21-15-22(27-25(17)21)19-11-7-5-8-12-19/h5-16H,1-4H3. The quantitative estimate of drug-likeness (QED) is 0.524. The average Bonchev–Trinajstić information content (AvgIpc) is 3.21. The summed E-state index contributed by atoms with van der Waals surface area (Å²) in [5.41, 5.74) is 8.80. The van der Waals surface area contributed by atoms with Crippen LogP contribution >= 0.6 is 0 Å². The SMILES string of the molecule is CC1=C(c2ccccc2)[Si](C)(C)c2cc3c(c(C)c21)[Si]C(c1ccccc1)=C3. The van der Waals surface area contributed by atoms with Crippen LogP contribution in [0.25, 0.3) is 22.0 Å². The van der Waals surface area contributed by atoms with Crippen molar-refractivity contribution in [3.63, 3.8) is 0 Å². The molecule has 0 amide bonds. The van der Waals surface area contributed by atoms with Gasteiger partial charge in [-0.15, -0.1) is 0 Å². The molecule has 0 N–H and O–H groups in total. The number of hydrogen-bond donors (Lipinski definition) is 0. The molecule has 3 aromatic rings. The molecule has 2 radical (unpaired) electrons. The number of benzene rings is 3. The first kappa shape index (κ1) is 17.7. The molecule has 0 saturated carbocycles. The van der Waals surface area contributed by atoms with Crippen LogP contribution in [0.15, 0.2) is 66.7 Å². The van der Waals surface area contributed by atoms with Gasteiger partial charge in [0.2, 0.25) is 0 Å². The Bertz CT molecular complexity index is 1150. The zero-order valence-corrected chi connectivity index (χ0v) is 18.9. The fourth-order valence-corrected chi connectivity index (χ4v) is 10.3. The van der Waals surface area contributed by atoms with E-state index >= 15 is 0 Å². The Labute approximate surface area is 171 Å². The first-order valence-corrected chi connectivity index (χ1v) is 14.0. The minimum atomic E-state index is -1.72. The van der Waals surface area contributed by atoms with Gasteiger partial charge >= 0.3 is 0 Å². The third-order valence-corrected chi connectivity index (χ3v) is 11.6. The highest BCUT2D eigenvalue weighted by Crippen LogP contribution is 2.41. The van der Waals surface area contributed by atoms with Crippen molar-refractivity contribution in [1.29, 1.82) is 0 Å². The summed E-state index contributed by atoms with van der Waals surface area (Å²) in [5.74, 6) is 0. The van der Waals surface area contributed by atoms with Gasteiger partial charge in [-0.2, -0.15) is 0 Å². The van der Waals surface area contributed by atoms with Gasteiger partial charge in [0.1, 0.15) is 17.6 Å². The lowest BCUT2D eigenvalue weighted by atomic mass is 9.97. The van der Waals surface area contributed by atoms with E-state index in [1.165, 1.54) is 33.0 Å². The molecule has 0 aliphatic carbocycles. The zero-order chi connectivity index (χ0) is 19.5. The molecule has 0 spiro atoms. The lowest BCUT2D eigenvalue weighted by Crippen LogP contribution is -2.42. The molecule has 0 saturated heterocycles. The molecule has 0 bridgehead atoms. The Morgan fingerprint density at radius 3 is 2.04 bits per heavy atom. The van der Waals surface area contributed by atoms with Gasteiger partial charge in [0.05, 0.1) is 0 Å². The summed E-state index contributed by atoms with van der Waals surface area (Å²) in [6, 6.07) is 24.4. The van der Waals surface area contributed by atoms with Crippen LogP contribution in [0.3, 0.4) is 0 Å². The maximum Gasteiger partial charge on any atom is 0.123 e. The average molecular weight is 393 g/mol. The first-order chi connectivity index (χ1) is 13.5. The van der Waals surface area contributed by atoms with Crippen molar-refractivity contribution in [2.75, 3.05) is 0 Å². The van der Waals surface area contributed by atoms with Crippen molar-refractivity contribution < 1.29 is 0 Å². The smallest absolute Gasteiger partial charge is 0.0622 e. The molecule has 0 aromatic heterocycles. The lowest BCUT2D eigenvalue weighted by Gasteiger charge is -2.24. The van der Waals surface area contributed by atoms with Gasteiger partial charge in [-0.05, 0) is 62.8 Å². The molecule has 0 unspecified atom stereocenters. The van der Waals surface area contributed by atoms with Crippen LogP contribution in [-0.4, -0.2) is 17.6 Å². The molecule has 3 aromatic carbocycles. The molecule has 0 fully saturated rings. The third-order valence-electron chi connectivity index (χ3n) is 6.36. The van der Waals surface area contributed by atoms with E-state index in [2.05, 4.69) is 99.7 Å². The second kappa shape index (κ2) is 6.30. The highest BCUT2D eigenvalue weighted by molar-refractivity contribution is 7.07. The Kier molecular flexibility index (Phi) is 3.97. The molecular weight excluding hydrogens is 368 g/mol. The minimum Gasteiger partial charge on any atom is -0.0622 e. The van der Waals surface area contributed by atoms with Crippen molar-refractivity contribution >= 4 is 50.0 Å². The van der Waals surface area contributed by atoms with Crippen LogP contribution in [0.5, 0.6) is 0 Å². The van der Waals surface area contributed by atoms with Gasteiger partial charge in [-0.1, -0.05) is 91.1 Å². The summed E-state index contributed by atoms with van der Waals surface area (Å²) < 4.78 is 0. The van der Waals surface area contributed by atoms with Crippen LogP contribution < -0.4 is 10.4 Å². The minimum absolute atomic E-state index is 0.755. The Hall–Kier alpha value is -2.43. The van der Waals surface area contributed by atoms with E-state index in [4.69, 9.17) is 0 Å². The summed E-state index contributed by atoms with van der Waals surface area (Å²) in [6.07, 6.45) is 2.44. The van der Waals surface area contributed by atoms with Crippen molar-refractivity contribution in [2.24, 2.45) is 0 Å². The molecule has 2 aliphatic heterocycles.